The fourth-order valence-corrected chi connectivity index (χ4v) is 2.18. The van der Waals surface area contributed by atoms with Crippen LogP contribution < -0.4 is 10.1 Å². The standard InChI is InChI=1S/C14H15BrFN3O/c1-3-4-13-18-12(15)8-14(19-13)17-9-5-6-11(20-2)10(16)7-9/h5-8H,3-4H2,1-2H3,(H,17,18,19). The highest BCUT2D eigenvalue weighted by molar-refractivity contribution is 9.10. The first-order chi connectivity index (χ1) is 9.62. The topological polar surface area (TPSA) is 47.0 Å². The molecule has 2 rings (SSSR count). The number of hydrogen-bond acceptors (Lipinski definition) is 4. The van der Waals surface area contributed by atoms with Crippen LogP contribution in [0.15, 0.2) is 28.9 Å². The summed E-state index contributed by atoms with van der Waals surface area (Å²) in [6, 6.07) is 6.42. The predicted octanol–water partition coefficient (Wildman–Crippen LogP) is 4.08. The van der Waals surface area contributed by atoms with Gasteiger partial charge >= 0.3 is 0 Å². The Balaban J connectivity index is 2.23. The third kappa shape index (κ3) is 3.66. The van der Waals surface area contributed by atoms with Crippen LogP contribution in [0.25, 0.3) is 0 Å². The number of aryl methyl sites for hydroxylation is 1. The largest absolute Gasteiger partial charge is 0.494 e. The molecule has 1 N–H and O–H groups in total. The van der Waals surface area contributed by atoms with Crippen molar-refractivity contribution in [3.05, 3.63) is 40.5 Å². The molecule has 1 aromatic carbocycles. The molecule has 0 fully saturated rings. The zero-order chi connectivity index (χ0) is 14.5. The van der Waals surface area contributed by atoms with Crippen molar-refractivity contribution in [2.75, 3.05) is 12.4 Å². The summed E-state index contributed by atoms with van der Waals surface area (Å²) in [5.74, 6) is 1.17. The summed E-state index contributed by atoms with van der Waals surface area (Å²) in [5, 5.41) is 3.06. The summed E-state index contributed by atoms with van der Waals surface area (Å²) in [6.45, 7) is 2.07. The van der Waals surface area contributed by atoms with Gasteiger partial charge < -0.3 is 10.1 Å². The molecule has 6 heteroatoms. The molecule has 0 amide bonds. The number of ether oxygens (including phenoxy) is 1. The molecule has 0 bridgehead atoms. The molecular formula is C14H15BrFN3O. The summed E-state index contributed by atoms with van der Waals surface area (Å²) in [6.07, 6.45) is 1.76. The molecule has 0 aliphatic heterocycles. The normalized spacial score (nSPS) is 10.4. The highest BCUT2D eigenvalue weighted by Crippen LogP contribution is 2.23. The van der Waals surface area contributed by atoms with Gasteiger partial charge in [-0.15, -0.1) is 0 Å². The van der Waals surface area contributed by atoms with Crippen LogP contribution in [0.1, 0.15) is 19.2 Å². The van der Waals surface area contributed by atoms with Crippen LogP contribution in [0.2, 0.25) is 0 Å². The van der Waals surface area contributed by atoms with Crippen LogP contribution in [-0.4, -0.2) is 17.1 Å². The molecule has 1 heterocycles. The fraction of sp³-hybridized carbons (Fsp3) is 0.286. The second-order valence-electron chi connectivity index (χ2n) is 4.22. The van der Waals surface area contributed by atoms with Crippen LogP contribution in [0, 0.1) is 5.82 Å². The second-order valence-corrected chi connectivity index (χ2v) is 5.03. The molecule has 0 aliphatic rings. The summed E-state index contributed by atoms with van der Waals surface area (Å²) in [7, 11) is 1.43. The van der Waals surface area contributed by atoms with E-state index in [4.69, 9.17) is 4.74 Å². The van der Waals surface area contributed by atoms with E-state index in [0.717, 1.165) is 18.7 Å². The molecule has 0 atom stereocenters. The number of halogens is 2. The highest BCUT2D eigenvalue weighted by Gasteiger charge is 2.06. The Morgan fingerprint density at radius 1 is 1.30 bits per heavy atom. The Labute approximate surface area is 125 Å². The van der Waals surface area contributed by atoms with Crippen molar-refractivity contribution >= 4 is 27.4 Å². The molecule has 0 saturated carbocycles. The van der Waals surface area contributed by atoms with Gasteiger partial charge in [-0.2, -0.15) is 0 Å². The maximum atomic E-state index is 13.6. The molecule has 2 aromatic rings. The van der Waals surface area contributed by atoms with Gasteiger partial charge in [0.2, 0.25) is 0 Å². The minimum absolute atomic E-state index is 0.214. The summed E-state index contributed by atoms with van der Waals surface area (Å²) in [4.78, 5) is 8.67. The first-order valence-corrected chi connectivity index (χ1v) is 7.05. The lowest BCUT2D eigenvalue weighted by atomic mass is 10.3. The number of hydrogen-bond donors (Lipinski definition) is 1. The number of rotatable bonds is 5. The highest BCUT2D eigenvalue weighted by atomic mass is 79.9. The summed E-state index contributed by atoms with van der Waals surface area (Å²) < 4.78 is 19.2. The van der Waals surface area contributed by atoms with Gasteiger partial charge in [0.25, 0.3) is 0 Å². The Kier molecular flexibility index (Phi) is 4.89. The van der Waals surface area contributed by atoms with Crippen molar-refractivity contribution in [2.45, 2.75) is 19.8 Å². The molecule has 0 spiro atoms. The third-order valence-electron chi connectivity index (χ3n) is 2.64. The minimum Gasteiger partial charge on any atom is -0.494 e. The Morgan fingerprint density at radius 3 is 2.75 bits per heavy atom. The number of anilines is 2. The Bertz CT molecular complexity index is 607. The van der Waals surface area contributed by atoms with Gasteiger partial charge in [0.1, 0.15) is 16.2 Å². The van der Waals surface area contributed by atoms with Crippen molar-refractivity contribution in [2.24, 2.45) is 0 Å². The molecule has 0 aliphatic carbocycles. The molecule has 4 nitrogen and oxygen atoms in total. The number of nitrogens with one attached hydrogen (secondary N) is 1. The van der Waals surface area contributed by atoms with Crippen molar-refractivity contribution in [3.63, 3.8) is 0 Å². The fourth-order valence-electron chi connectivity index (χ4n) is 1.76. The van der Waals surface area contributed by atoms with Crippen LogP contribution >= 0.6 is 15.9 Å². The van der Waals surface area contributed by atoms with E-state index in [9.17, 15) is 4.39 Å². The molecule has 0 radical (unpaired) electrons. The van der Waals surface area contributed by atoms with Gasteiger partial charge in [-0.3, -0.25) is 0 Å². The maximum absolute atomic E-state index is 13.6. The maximum Gasteiger partial charge on any atom is 0.167 e. The molecule has 106 valence electrons. The van der Waals surface area contributed by atoms with E-state index in [1.54, 1.807) is 18.2 Å². The molecule has 0 unspecified atom stereocenters. The van der Waals surface area contributed by atoms with Gasteiger partial charge in [-0.25, -0.2) is 14.4 Å². The Hall–Kier alpha value is -1.69. The molecule has 1 aromatic heterocycles. The van der Waals surface area contributed by atoms with Gasteiger partial charge in [-0.1, -0.05) is 6.92 Å². The molecular weight excluding hydrogens is 325 g/mol. The van der Waals surface area contributed by atoms with Crippen LogP contribution in [0.3, 0.4) is 0 Å². The van der Waals surface area contributed by atoms with Gasteiger partial charge in [0.15, 0.2) is 11.6 Å². The SMILES string of the molecule is CCCc1nc(Br)cc(Nc2ccc(OC)c(F)c2)n1. The lowest BCUT2D eigenvalue weighted by Crippen LogP contribution is -2.01. The van der Waals surface area contributed by atoms with Crippen LogP contribution in [0.4, 0.5) is 15.9 Å². The van der Waals surface area contributed by atoms with E-state index in [2.05, 4.69) is 38.1 Å². The van der Waals surface area contributed by atoms with E-state index in [1.165, 1.54) is 13.2 Å². The van der Waals surface area contributed by atoms with Crippen LogP contribution in [-0.2, 0) is 6.42 Å². The predicted molar refractivity (Wildman–Crippen MR) is 80.0 cm³/mol. The quantitative estimate of drug-likeness (QED) is 0.833. The number of methoxy groups -OCH3 is 1. The van der Waals surface area contributed by atoms with E-state index < -0.39 is 5.82 Å². The Morgan fingerprint density at radius 2 is 2.10 bits per heavy atom. The monoisotopic (exact) mass is 339 g/mol. The van der Waals surface area contributed by atoms with Crippen molar-refractivity contribution in [1.29, 1.82) is 0 Å². The number of nitrogens with zero attached hydrogens (tertiary/aromatic N) is 2. The number of benzene rings is 1. The lowest BCUT2D eigenvalue weighted by Gasteiger charge is -2.09. The van der Waals surface area contributed by atoms with E-state index in [1.807, 2.05) is 0 Å². The summed E-state index contributed by atoms with van der Waals surface area (Å²) in [5.41, 5.74) is 0.608. The average molecular weight is 340 g/mol. The van der Waals surface area contributed by atoms with Crippen LogP contribution in [0.5, 0.6) is 5.75 Å². The zero-order valence-electron chi connectivity index (χ0n) is 11.3. The van der Waals surface area contributed by atoms with Gasteiger partial charge in [0, 0.05) is 24.2 Å². The molecule has 0 saturated heterocycles. The van der Waals surface area contributed by atoms with E-state index in [0.29, 0.717) is 16.1 Å². The number of aromatic nitrogens is 2. The third-order valence-corrected chi connectivity index (χ3v) is 3.05. The van der Waals surface area contributed by atoms with Crippen molar-refractivity contribution < 1.29 is 9.13 Å². The smallest absolute Gasteiger partial charge is 0.167 e. The van der Waals surface area contributed by atoms with Crippen molar-refractivity contribution in [1.82, 2.24) is 9.97 Å². The minimum atomic E-state index is -0.417. The van der Waals surface area contributed by atoms with Crippen molar-refractivity contribution in [3.8, 4) is 5.75 Å². The first-order valence-electron chi connectivity index (χ1n) is 6.26. The second kappa shape index (κ2) is 6.65. The van der Waals surface area contributed by atoms with Gasteiger partial charge in [-0.05, 0) is 34.5 Å². The summed E-state index contributed by atoms with van der Waals surface area (Å²) >= 11 is 3.35. The van der Waals surface area contributed by atoms with Gasteiger partial charge in [0.05, 0.1) is 7.11 Å². The molecule has 20 heavy (non-hydrogen) atoms. The lowest BCUT2D eigenvalue weighted by molar-refractivity contribution is 0.386. The average Bonchev–Trinajstić information content (AvgIpc) is 2.38. The van der Waals surface area contributed by atoms with E-state index in [-0.39, 0.29) is 5.75 Å². The van der Waals surface area contributed by atoms with E-state index >= 15 is 0 Å². The first kappa shape index (κ1) is 14.7. The zero-order valence-corrected chi connectivity index (χ0v) is 12.9.